The Kier molecular flexibility index (Phi) is 50.4. The fourth-order valence-corrected chi connectivity index (χ4v) is 8.66. The topological polar surface area (TPSA) is 169 Å². The average molecular weight is 1010 g/mol. The molecule has 0 aromatic carbocycles. The summed E-state index contributed by atoms with van der Waals surface area (Å²) in [5.41, 5.74) is 0. The molecule has 0 aromatic rings. The third-order valence-corrected chi connectivity index (χ3v) is 13.2. The summed E-state index contributed by atoms with van der Waals surface area (Å²) in [6.07, 6.45) is 63.8. The number of nitrogens with one attached hydrogen (secondary N) is 1. The number of phosphoric acid groups is 1. The van der Waals surface area contributed by atoms with Crippen molar-refractivity contribution < 1.29 is 47.8 Å². The van der Waals surface area contributed by atoms with E-state index in [1.807, 2.05) is 0 Å². The molecule has 11 nitrogen and oxygen atoms in total. The SMILES string of the molecule is CCCCC/C=C\C/C=C\C/C=C\CCCCCCCCCCCCC(=O)NC(COP(=O)(O)OCC(O)COC(=O)CCCCCCCCCCCCCCC/C=C\C/C=C\CCCCC)C(=O)O. The summed E-state index contributed by atoms with van der Waals surface area (Å²) < 4.78 is 27.0. The van der Waals surface area contributed by atoms with Gasteiger partial charge >= 0.3 is 19.8 Å². The van der Waals surface area contributed by atoms with E-state index in [-0.39, 0.29) is 12.8 Å². The number of aliphatic carboxylic acids is 1. The van der Waals surface area contributed by atoms with Gasteiger partial charge in [-0.2, -0.15) is 0 Å². The zero-order valence-electron chi connectivity index (χ0n) is 44.6. The molecule has 0 heterocycles. The Morgan fingerprint density at radius 2 is 0.786 bits per heavy atom. The van der Waals surface area contributed by atoms with Crippen LogP contribution in [-0.2, 0) is 32.7 Å². The van der Waals surface area contributed by atoms with Gasteiger partial charge in [-0.15, -0.1) is 0 Å². The number of phosphoric ester groups is 1. The predicted molar refractivity (Wildman–Crippen MR) is 291 cm³/mol. The number of allylic oxidation sites excluding steroid dienone is 10. The second-order valence-electron chi connectivity index (χ2n) is 19.1. The van der Waals surface area contributed by atoms with Gasteiger partial charge in [0.05, 0.1) is 13.2 Å². The highest BCUT2D eigenvalue weighted by atomic mass is 31.2. The number of ether oxygens (including phenoxy) is 1. The third-order valence-electron chi connectivity index (χ3n) is 12.3. The Morgan fingerprint density at radius 1 is 0.457 bits per heavy atom. The lowest BCUT2D eigenvalue weighted by atomic mass is 10.0. The standard InChI is InChI=1S/C58H104NO10P/c1-3-5-7-9-11-13-15-17-19-21-23-25-27-29-31-33-35-37-39-41-43-45-47-49-56(61)59-55(58(63)64)53-69-70(65,66)68-52-54(60)51-67-57(62)50-48-46-44-42-40-38-36-34-32-30-28-26-24-22-20-18-16-14-12-10-8-6-4-2/h11-14,17-20,23,25,54-55,60H,3-10,15-16,21-22,24,26-53H2,1-2H3,(H,59,61)(H,63,64)(H,65,66)/b13-11-,14-12-,19-17-,20-18-,25-23-. The van der Waals surface area contributed by atoms with Crippen LogP contribution in [0.2, 0.25) is 0 Å². The number of amides is 1. The highest BCUT2D eigenvalue weighted by Gasteiger charge is 2.28. The first-order valence-electron chi connectivity index (χ1n) is 28.3. The fourth-order valence-electron chi connectivity index (χ4n) is 7.88. The van der Waals surface area contributed by atoms with E-state index in [1.165, 1.54) is 148 Å². The van der Waals surface area contributed by atoms with Crippen molar-refractivity contribution in [2.24, 2.45) is 0 Å². The van der Waals surface area contributed by atoms with Crippen molar-refractivity contribution in [3.8, 4) is 0 Å². The molecule has 0 rings (SSSR count). The normalized spacial score (nSPS) is 13.9. The van der Waals surface area contributed by atoms with Crippen LogP contribution in [0.1, 0.15) is 258 Å². The zero-order valence-corrected chi connectivity index (χ0v) is 45.5. The van der Waals surface area contributed by atoms with Crippen LogP contribution in [0.25, 0.3) is 0 Å². The van der Waals surface area contributed by atoms with E-state index >= 15 is 0 Å². The third kappa shape index (κ3) is 51.5. The van der Waals surface area contributed by atoms with Gasteiger partial charge < -0.3 is 25.2 Å². The molecule has 0 aliphatic carbocycles. The maximum Gasteiger partial charge on any atom is 0.472 e. The molecule has 4 N–H and O–H groups in total. The van der Waals surface area contributed by atoms with Crippen molar-refractivity contribution in [2.45, 2.75) is 270 Å². The van der Waals surface area contributed by atoms with Gasteiger partial charge in [0.25, 0.3) is 0 Å². The number of rotatable bonds is 53. The van der Waals surface area contributed by atoms with Crippen LogP contribution in [0.3, 0.4) is 0 Å². The minimum Gasteiger partial charge on any atom is -0.480 e. The number of aliphatic hydroxyl groups excluding tert-OH is 1. The highest BCUT2D eigenvalue weighted by molar-refractivity contribution is 7.47. The van der Waals surface area contributed by atoms with Gasteiger partial charge in [-0.3, -0.25) is 18.6 Å². The summed E-state index contributed by atoms with van der Waals surface area (Å²) in [5.74, 6) is -2.37. The first kappa shape index (κ1) is 67.2. The maximum absolute atomic E-state index is 12.4. The molecule has 0 spiro atoms. The largest absolute Gasteiger partial charge is 0.480 e. The van der Waals surface area contributed by atoms with Crippen LogP contribution in [0, 0.1) is 0 Å². The van der Waals surface area contributed by atoms with Crippen LogP contribution in [0.4, 0.5) is 0 Å². The monoisotopic (exact) mass is 1010 g/mol. The molecule has 0 radical (unpaired) electrons. The van der Waals surface area contributed by atoms with Crippen LogP contribution in [0.15, 0.2) is 60.8 Å². The molecule has 406 valence electrons. The number of carboxylic acids is 1. The molecule has 70 heavy (non-hydrogen) atoms. The number of hydrogen-bond acceptors (Lipinski definition) is 8. The molecule has 0 aliphatic rings. The first-order chi connectivity index (χ1) is 34.1. The number of esters is 1. The summed E-state index contributed by atoms with van der Waals surface area (Å²) in [6.45, 7) is 2.58. The Balaban J connectivity index is 3.79. The second-order valence-corrected chi connectivity index (χ2v) is 20.6. The van der Waals surface area contributed by atoms with E-state index < -0.39 is 57.6 Å². The molecule has 0 aromatic heterocycles. The lowest BCUT2D eigenvalue weighted by molar-refractivity contribution is -0.147. The number of aliphatic hydroxyl groups is 1. The summed E-state index contributed by atoms with van der Waals surface area (Å²) in [4.78, 5) is 46.3. The molecule has 0 aliphatic heterocycles. The van der Waals surface area contributed by atoms with Gasteiger partial charge in [-0.1, -0.05) is 222 Å². The van der Waals surface area contributed by atoms with Gasteiger partial charge in [0.2, 0.25) is 5.91 Å². The van der Waals surface area contributed by atoms with E-state index in [1.54, 1.807) is 0 Å². The lowest BCUT2D eigenvalue weighted by Crippen LogP contribution is -2.43. The van der Waals surface area contributed by atoms with Crippen LogP contribution in [-0.4, -0.2) is 64.9 Å². The number of carboxylic acid groups (broad SMARTS) is 1. The summed E-state index contributed by atoms with van der Waals surface area (Å²) in [6, 6.07) is -1.55. The Labute approximate surface area is 427 Å². The molecule has 3 atom stereocenters. The summed E-state index contributed by atoms with van der Waals surface area (Å²) in [7, 11) is -4.77. The molecular formula is C58H104NO10P. The van der Waals surface area contributed by atoms with Gasteiger partial charge in [0.15, 0.2) is 6.04 Å². The maximum atomic E-state index is 12.4. The number of carbonyl (C=O) groups is 3. The van der Waals surface area contributed by atoms with E-state index in [2.05, 4.69) is 79.9 Å². The Hall–Kier alpha value is -2.82. The molecule has 12 heteroatoms. The van der Waals surface area contributed by atoms with Gasteiger partial charge in [0.1, 0.15) is 12.7 Å². The van der Waals surface area contributed by atoms with Gasteiger partial charge in [-0.05, 0) is 83.5 Å². The summed E-state index contributed by atoms with van der Waals surface area (Å²) >= 11 is 0. The number of hydrogen-bond donors (Lipinski definition) is 4. The molecule has 1 amide bonds. The molecule has 0 saturated carbocycles. The van der Waals surface area contributed by atoms with Crippen LogP contribution in [0.5, 0.6) is 0 Å². The zero-order chi connectivity index (χ0) is 51.3. The molecule has 0 saturated heterocycles. The van der Waals surface area contributed by atoms with Crippen LogP contribution >= 0.6 is 7.82 Å². The number of unbranched alkanes of at least 4 members (excludes halogenated alkanes) is 29. The average Bonchev–Trinajstić information content (AvgIpc) is 3.34. The molecule has 0 bridgehead atoms. The van der Waals surface area contributed by atoms with Gasteiger partial charge in [0, 0.05) is 12.8 Å². The predicted octanol–water partition coefficient (Wildman–Crippen LogP) is 16.2. The molecular weight excluding hydrogens is 902 g/mol. The van der Waals surface area contributed by atoms with Crippen molar-refractivity contribution in [3.63, 3.8) is 0 Å². The lowest BCUT2D eigenvalue weighted by Gasteiger charge is -2.18. The second kappa shape index (κ2) is 52.5. The van der Waals surface area contributed by atoms with E-state index in [4.69, 9.17) is 13.8 Å². The van der Waals surface area contributed by atoms with Gasteiger partial charge in [-0.25, -0.2) is 9.36 Å². The molecule has 3 unspecified atom stereocenters. The fraction of sp³-hybridized carbons (Fsp3) is 0.776. The van der Waals surface area contributed by atoms with Crippen molar-refractivity contribution >= 4 is 25.7 Å². The summed E-state index contributed by atoms with van der Waals surface area (Å²) in [5, 5.41) is 22.0. The quantitative estimate of drug-likeness (QED) is 0.0199. The van der Waals surface area contributed by atoms with Crippen molar-refractivity contribution in [2.75, 3.05) is 19.8 Å². The minimum absolute atomic E-state index is 0.140. The van der Waals surface area contributed by atoms with E-state index in [0.717, 1.165) is 70.6 Å². The van der Waals surface area contributed by atoms with Crippen molar-refractivity contribution in [3.05, 3.63) is 60.8 Å². The minimum atomic E-state index is -4.77. The number of carbonyl (C=O) groups excluding carboxylic acids is 2. The molecule has 0 fully saturated rings. The highest BCUT2D eigenvalue weighted by Crippen LogP contribution is 2.43. The van der Waals surface area contributed by atoms with E-state index in [9.17, 15) is 34.1 Å². The smallest absolute Gasteiger partial charge is 0.472 e. The van der Waals surface area contributed by atoms with E-state index in [0.29, 0.717) is 12.8 Å². The van der Waals surface area contributed by atoms with Crippen LogP contribution < -0.4 is 5.32 Å². The Morgan fingerprint density at radius 3 is 1.17 bits per heavy atom. The van der Waals surface area contributed by atoms with Crippen molar-refractivity contribution in [1.29, 1.82) is 0 Å². The first-order valence-corrected chi connectivity index (χ1v) is 29.8. The Bertz CT molecular complexity index is 1410. The van der Waals surface area contributed by atoms with Crippen molar-refractivity contribution in [1.82, 2.24) is 5.32 Å².